The molecule has 0 amide bonds. The fourth-order valence-corrected chi connectivity index (χ4v) is 2.78. The Hall–Kier alpha value is -0.990. The monoisotopic (exact) mass is 287 g/mol. The summed E-state index contributed by atoms with van der Waals surface area (Å²) in [5.74, 6) is 0. The van der Waals surface area contributed by atoms with E-state index >= 15 is 0 Å². The quantitative estimate of drug-likeness (QED) is 0.788. The van der Waals surface area contributed by atoms with Gasteiger partial charge in [-0.3, -0.25) is 0 Å². The molecule has 6 nitrogen and oxygen atoms in total. The fourth-order valence-electron chi connectivity index (χ4n) is 1.71. The lowest BCUT2D eigenvalue weighted by atomic mass is 10.2. The second-order valence-corrected chi connectivity index (χ2v) is 5.99. The Morgan fingerprint density at radius 2 is 2.00 bits per heavy atom. The molecule has 1 fully saturated rings. The number of rotatable bonds is 5. The normalized spacial score (nSPS) is 20.4. The molecule has 1 aromatic carbocycles. The highest BCUT2D eigenvalue weighted by Crippen LogP contribution is 2.11. The molecule has 2 N–H and O–H groups in total. The van der Waals surface area contributed by atoms with Crippen LogP contribution in [0.15, 0.2) is 29.2 Å². The van der Waals surface area contributed by atoms with E-state index < -0.39 is 10.0 Å². The molecule has 0 aliphatic carbocycles. The van der Waals surface area contributed by atoms with Crippen LogP contribution in [0.25, 0.3) is 0 Å². The lowest BCUT2D eigenvalue weighted by molar-refractivity contribution is -0.0846. The van der Waals surface area contributed by atoms with Gasteiger partial charge in [-0.05, 0) is 17.7 Å². The zero-order chi connectivity index (χ0) is 13.7. The van der Waals surface area contributed by atoms with Gasteiger partial charge >= 0.3 is 0 Å². The molecular formula is C12H17NO5S. The molecule has 106 valence electrons. The van der Waals surface area contributed by atoms with E-state index in [-0.39, 0.29) is 24.2 Å². The zero-order valence-corrected chi connectivity index (χ0v) is 11.2. The minimum atomic E-state index is -3.55. The summed E-state index contributed by atoms with van der Waals surface area (Å²) in [6.45, 7) is 1.50. The van der Waals surface area contributed by atoms with E-state index in [0.717, 1.165) is 0 Å². The first-order valence-electron chi connectivity index (χ1n) is 6.00. The van der Waals surface area contributed by atoms with Gasteiger partial charge in [0.15, 0.2) is 0 Å². The summed E-state index contributed by atoms with van der Waals surface area (Å²) in [5, 5.41) is 8.91. The summed E-state index contributed by atoms with van der Waals surface area (Å²) in [4.78, 5) is 0.168. The van der Waals surface area contributed by atoms with Crippen molar-refractivity contribution in [2.45, 2.75) is 17.6 Å². The predicted molar refractivity (Wildman–Crippen MR) is 68.1 cm³/mol. The highest BCUT2D eigenvalue weighted by molar-refractivity contribution is 7.89. The Kier molecular flexibility index (Phi) is 4.89. The Balaban J connectivity index is 1.96. The molecule has 0 aromatic heterocycles. The van der Waals surface area contributed by atoms with E-state index in [4.69, 9.17) is 14.6 Å². The molecule has 1 aliphatic rings. The Bertz CT molecular complexity index is 493. The highest BCUT2D eigenvalue weighted by atomic mass is 32.2. The van der Waals surface area contributed by atoms with Crippen LogP contribution in [-0.2, 0) is 26.1 Å². The van der Waals surface area contributed by atoms with Crippen molar-refractivity contribution in [3.8, 4) is 0 Å². The molecule has 1 unspecified atom stereocenters. The number of aliphatic hydroxyl groups excluding tert-OH is 1. The van der Waals surface area contributed by atoms with Crippen LogP contribution in [-0.4, -0.2) is 46.0 Å². The number of sulfonamides is 1. The van der Waals surface area contributed by atoms with Gasteiger partial charge in [0.25, 0.3) is 0 Å². The number of aliphatic hydroxyl groups is 1. The first-order valence-corrected chi connectivity index (χ1v) is 7.49. The van der Waals surface area contributed by atoms with Gasteiger partial charge < -0.3 is 14.6 Å². The average Bonchev–Trinajstić information content (AvgIpc) is 2.46. The third-order valence-electron chi connectivity index (χ3n) is 2.80. The highest BCUT2D eigenvalue weighted by Gasteiger charge is 2.19. The Morgan fingerprint density at radius 1 is 1.26 bits per heavy atom. The van der Waals surface area contributed by atoms with Gasteiger partial charge in [-0.15, -0.1) is 0 Å². The van der Waals surface area contributed by atoms with Crippen molar-refractivity contribution in [2.75, 3.05) is 26.4 Å². The van der Waals surface area contributed by atoms with Gasteiger partial charge in [-0.25, -0.2) is 13.1 Å². The minimum absolute atomic E-state index is 0.110. The second kappa shape index (κ2) is 6.44. The van der Waals surface area contributed by atoms with Crippen LogP contribution in [0.1, 0.15) is 5.56 Å². The Labute approximate surface area is 112 Å². The molecule has 2 rings (SSSR count). The summed E-state index contributed by atoms with van der Waals surface area (Å²) in [5.41, 5.74) is 0.669. The molecule has 1 aromatic rings. The summed E-state index contributed by atoms with van der Waals surface area (Å²) in [6, 6.07) is 6.09. The van der Waals surface area contributed by atoms with Gasteiger partial charge in [0.2, 0.25) is 10.0 Å². The largest absolute Gasteiger partial charge is 0.392 e. The summed E-state index contributed by atoms with van der Waals surface area (Å²) in [7, 11) is -3.55. The average molecular weight is 287 g/mol. The second-order valence-electron chi connectivity index (χ2n) is 4.22. The Morgan fingerprint density at radius 3 is 2.58 bits per heavy atom. The van der Waals surface area contributed by atoms with Gasteiger partial charge in [0.1, 0.15) is 0 Å². The molecule has 0 spiro atoms. The molecule has 19 heavy (non-hydrogen) atoms. The SMILES string of the molecule is O=S(=O)(NCC1COCCO1)c1ccc(CO)cc1. The maximum absolute atomic E-state index is 12.0. The van der Waals surface area contributed by atoms with E-state index in [1.807, 2.05) is 0 Å². The van der Waals surface area contributed by atoms with Crippen LogP contribution in [0.4, 0.5) is 0 Å². The van der Waals surface area contributed by atoms with Crippen molar-refractivity contribution in [2.24, 2.45) is 0 Å². The molecular weight excluding hydrogens is 270 g/mol. The minimum Gasteiger partial charge on any atom is -0.392 e. The standard InChI is InChI=1S/C12H17NO5S/c14-8-10-1-3-12(4-2-10)19(15,16)13-7-11-9-17-5-6-18-11/h1-4,11,13-14H,5-9H2. The zero-order valence-electron chi connectivity index (χ0n) is 10.4. The van der Waals surface area contributed by atoms with Crippen LogP contribution in [0, 0.1) is 0 Å². The van der Waals surface area contributed by atoms with Gasteiger partial charge in [-0.2, -0.15) is 0 Å². The van der Waals surface area contributed by atoms with E-state index in [0.29, 0.717) is 25.4 Å². The fraction of sp³-hybridized carbons (Fsp3) is 0.500. The first-order chi connectivity index (χ1) is 9.12. The maximum Gasteiger partial charge on any atom is 0.240 e. The van der Waals surface area contributed by atoms with Crippen molar-refractivity contribution >= 4 is 10.0 Å². The van der Waals surface area contributed by atoms with Gasteiger partial charge in [0.05, 0.1) is 37.4 Å². The molecule has 1 atom stereocenters. The lowest BCUT2D eigenvalue weighted by Crippen LogP contribution is -2.39. The molecule has 7 heteroatoms. The maximum atomic E-state index is 12.0. The summed E-state index contributed by atoms with van der Waals surface area (Å²) >= 11 is 0. The van der Waals surface area contributed by atoms with E-state index in [1.54, 1.807) is 12.1 Å². The van der Waals surface area contributed by atoms with Gasteiger partial charge in [0, 0.05) is 6.54 Å². The van der Waals surface area contributed by atoms with Crippen molar-refractivity contribution in [3.63, 3.8) is 0 Å². The third kappa shape index (κ3) is 3.99. The van der Waals surface area contributed by atoms with E-state index in [2.05, 4.69) is 4.72 Å². The van der Waals surface area contributed by atoms with Crippen molar-refractivity contribution < 1.29 is 23.0 Å². The molecule has 1 saturated heterocycles. The van der Waals surface area contributed by atoms with Crippen LogP contribution >= 0.6 is 0 Å². The summed E-state index contributed by atoms with van der Waals surface area (Å²) in [6.07, 6.45) is -0.250. The van der Waals surface area contributed by atoms with Crippen molar-refractivity contribution in [1.29, 1.82) is 0 Å². The molecule has 0 bridgehead atoms. The topological polar surface area (TPSA) is 84.9 Å². The lowest BCUT2D eigenvalue weighted by Gasteiger charge is -2.23. The molecule has 0 saturated carbocycles. The summed E-state index contributed by atoms with van der Waals surface area (Å²) < 4.78 is 37.1. The number of nitrogens with one attached hydrogen (secondary N) is 1. The van der Waals surface area contributed by atoms with Crippen molar-refractivity contribution in [3.05, 3.63) is 29.8 Å². The van der Waals surface area contributed by atoms with Crippen LogP contribution in [0.2, 0.25) is 0 Å². The molecule has 1 aliphatic heterocycles. The third-order valence-corrected chi connectivity index (χ3v) is 4.24. The van der Waals surface area contributed by atoms with Crippen molar-refractivity contribution in [1.82, 2.24) is 4.72 Å². The van der Waals surface area contributed by atoms with E-state index in [1.165, 1.54) is 12.1 Å². The van der Waals surface area contributed by atoms with Crippen LogP contribution in [0.3, 0.4) is 0 Å². The smallest absolute Gasteiger partial charge is 0.240 e. The molecule has 0 radical (unpaired) electrons. The number of benzene rings is 1. The van der Waals surface area contributed by atoms with E-state index in [9.17, 15) is 8.42 Å². The number of hydrogen-bond acceptors (Lipinski definition) is 5. The van der Waals surface area contributed by atoms with Crippen LogP contribution in [0.5, 0.6) is 0 Å². The van der Waals surface area contributed by atoms with Gasteiger partial charge in [-0.1, -0.05) is 12.1 Å². The number of hydrogen-bond donors (Lipinski definition) is 2. The molecule has 1 heterocycles. The number of ether oxygens (including phenoxy) is 2. The predicted octanol–water partition coefficient (Wildman–Crippen LogP) is -0.127. The van der Waals surface area contributed by atoms with Crippen LogP contribution < -0.4 is 4.72 Å². The first kappa shape index (κ1) is 14.4.